The number of halogens is 5. The Kier molecular flexibility index (Phi) is 6.78. The van der Waals surface area contributed by atoms with Gasteiger partial charge in [0.2, 0.25) is 5.91 Å². The van der Waals surface area contributed by atoms with Gasteiger partial charge in [0, 0.05) is 43.2 Å². The van der Waals surface area contributed by atoms with E-state index in [9.17, 15) is 31.5 Å². The highest BCUT2D eigenvalue weighted by Crippen LogP contribution is 2.36. The molecule has 42 heavy (non-hydrogen) atoms. The molecule has 0 saturated carbocycles. The fourth-order valence-electron chi connectivity index (χ4n) is 5.64. The highest BCUT2D eigenvalue weighted by atomic mass is 19.4. The Bertz CT molecular complexity index is 1690. The molecule has 12 heteroatoms. The molecule has 0 radical (unpaired) electrons. The lowest BCUT2D eigenvalue weighted by Gasteiger charge is -2.36. The largest absolute Gasteiger partial charge is 0.419 e. The van der Waals surface area contributed by atoms with Gasteiger partial charge in [-0.15, -0.1) is 0 Å². The van der Waals surface area contributed by atoms with Crippen molar-refractivity contribution in [3.63, 3.8) is 0 Å². The third kappa shape index (κ3) is 4.90. The zero-order valence-electron chi connectivity index (χ0n) is 22.3. The minimum atomic E-state index is -4.86. The molecule has 2 amide bonds. The summed E-state index contributed by atoms with van der Waals surface area (Å²) in [5.74, 6) is -2.37. The summed E-state index contributed by atoms with van der Waals surface area (Å²) >= 11 is 0. The second-order valence-corrected chi connectivity index (χ2v) is 10.4. The predicted molar refractivity (Wildman–Crippen MR) is 143 cm³/mol. The summed E-state index contributed by atoms with van der Waals surface area (Å²) in [6.45, 7) is 2.27. The lowest BCUT2D eigenvalue weighted by atomic mass is 10.0. The molecule has 1 saturated heterocycles. The molecular weight excluding hydrogens is 557 g/mol. The molecule has 2 aliphatic heterocycles. The maximum absolute atomic E-state index is 14.5. The van der Waals surface area contributed by atoms with Gasteiger partial charge in [0.05, 0.1) is 29.1 Å². The topological polar surface area (TPSA) is 71.3 Å². The van der Waals surface area contributed by atoms with Gasteiger partial charge in [0.25, 0.3) is 5.91 Å². The first-order valence-corrected chi connectivity index (χ1v) is 13.3. The van der Waals surface area contributed by atoms with Gasteiger partial charge >= 0.3 is 6.18 Å². The number of fused-ring (bicyclic) bond motifs is 1. The van der Waals surface area contributed by atoms with Crippen LogP contribution in [-0.2, 0) is 17.4 Å². The van der Waals surface area contributed by atoms with Gasteiger partial charge in [-0.05, 0) is 67.3 Å². The minimum Gasteiger partial charge on any atom is -0.337 e. The molecule has 0 N–H and O–H groups in total. The van der Waals surface area contributed by atoms with E-state index < -0.39 is 23.5 Å². The van der Waals surface area contributed by atoms with Crippen LogP contribution in [0.1, 0.15) is 40.0 Å². The number of hydrogen-bond acceptors (Lipinski definition) is 4. The summed E-state index contributed by atoms with van der Waals surface area (Å²) < 4.78 is 69.4. The number of aryl methyl sites for hydroxylation is 1. The highest BCUT2D eigenvalue weighted by Gasteiger charge is 2.37. The number of carbonyl (C=O) groups is 2. The number of pyridine rings is 1. The van der Waals surface area contributed by atoms with Crippen LogP contribution in [-0.4, -0.2) is 50.6 Å². The number of hydrogen-bond donors (Lipinski definition) is 0. The van der Waals surface area contributed by atoms with Crippen molar-refractivity contribution < 1.29 is 31.5 Å². The van der Waals surface area contributed by atoms with Crippen LogP contribution >= 0.6 is 0 Å². The molecule has 0 spiro atoms. The van der Waals surface area contributed by atoms with Gasteiger partial charge in [0.15, 0.2) is 5.69 Å². The molecule has 7 nitrogen and oxygen atoms in total. The Morgan fingerprint density at radius 3 is 2.43 bits per heavy atom. The van der Waals surface area contributed by atoms with Crippen molar-refractivity contribution in [3.8, 4) is 16.9 Å². The zero-order valence-corrected chi connectivity index (χ0v) is 22.3. The molecule has 6 rings (SSSR count). The van der Waals surface area contributed by atoms with E-state index in [4.69, 9.17) is 0 Å². The van der Waals surface area contributed by atoms with E-state index in [0.717, 1.165) is 17.7 Å². The number of amides is 2. The number of rotatable bonds is 4. The predicted octanol–water partition coefficient (Wildman–Crippen LogP) is 5.73. The second kappa shape index (κ2) is 10.3. The highest BCUT2D eigenvalue weighted by molar-refractivity contribution is 6.02. The molecule has 2 aliphatic rings. The summed E-state index contributed by atoms with van der Waals surface area (Å²) in [7, 11) is 0. The molecule has 2 aromatic heterocycles. The SMILES string of the molecule is Cc1cc2c(cc1F)N(C1CCN(C(=O)c3cc(-c4cccnc4)n(-c4ccc(C(F)(F)F)c(F)c4)n3)CC1)C(=O)C2. The quantitative estimate of drug-likeness (QED) is 0.289. The molecule has 0 bridgehead atoms. The van der Waals surface area contributed by atoms with Crippen molar-refractivity contribution in [2.75, 3.05) is 18.0 Å². The minimum absolute atomic E-state index is 0.00536. The molecule has 0 atom stereocenters. The van der Waals surface area contributed by atoms with Gasteiger partial charge in [-0.3, -0.25) is 14.6 Å². The molecule has 4 heterocycles. The monoisotopic (exact) mass is 581 g/mol. The number of anilines is 1. The average molecular weight is 582 g/mol. The van der Waals surface area contributed by atoms with E-state index in [-0.39, 0.29) is 35.6 Å². The van der Waals surface area contributed by atoms with E-state index in [1.165, 1.54) is 29.2 Å². The van der Waals surface area contributed by atoms with E-state index in [1.807, 2.05) is 0 Å². The lowest BCUT2D eigenvalue weighted by molar-refractivity contribution is -0.140. The van der Waals surface area contributed by atoms with Crippen molar-refractivity contribution >= 4 is 17.5 Å². The molecule has 216 valence electrons. The Hall–Kier alpha value is -4.61. The molecule has 4 aromatic rings. The maximum atomic E-state index is 14.5. The Balaban J connectivity index is 1.25. The van der Waals surface area contributed by atoms with Crippen LogP contribution in [0, 0.1) is 18.6 Å². The van der Waals surface area contributed by atoms with Gasteiger partial charge < -0.3 is 9.80 Å². The fraction of sp³-hybridized carbons (Fsp3) is 0.267. The summed E-state index contributed by atoms with van der Waals surface area (Å²) in [6, 6.07) is 10.2. The number of carbonyl (C=O) groups excluding carboxylic acids is 2. The Morgan fingerprint density at radius 1 is 1.00 bits per heavy atom. The van der Waals surface area contributed by atoms with Crippen LogP contribution in [0.3, 0.4) is 0 Å². The van der Waals surface area contributed by atoms with E-state index in [1.54, 1.807) is 34.9 Å². The normalized spacial score (nSPS) is 15.8. The van der Waals surface area contributed by atoms with Crippen LogP contribution in [0.15, 0.2) is 60.9 Å². The average Bonchev–Trinajstić information content (AvgIpc) is 3.54. The van der Waals surface area contributed by atoms with Crippen LogP contribution in [0.2, 0.25) is 0 Å². The lowest BCUT2D eigenvalue weighted by Crippen LogP contribution is -2.48. The van der Waals surface area contributed by atoms with Gasteiger partial charge in [-0.1, -0.05) is 6.07 Å². The third-order valence-corrected chi connectivity index (χ3v) is 7.74. The first-order valence-electron chi connectivity index (χ1n) is 13.3. The molecular formula is C30H24F5N5O2. The fourth-order valence-corrected chi connectivity index (χ4v) is 5.64. The van der Waals surface area contributed by atoms with Crippen LogP contribution < -0.4 is 4.90 Å². The third-order valence-electron chi connectivity index (χ3n) is 7.74. The van der Waals surface area contributed by atoms with Gasteiger partial charge in [0.1, 0.15) is 11.6 Å². The molecule has 0 aliphatic carbocycles. The van der Waals surface area contributed by atoms with Crippen LogP contribution in [0.4, 0.5) is 27.6 Å². The number of alkyl halides is 3. The number of benzene rings is 2. The molecule has 1 fully saturated rings. The van der Waals surface area contributed by atoms with Crippen molar-refractivity contribution in [1.29, 1.82) is 0 Å². The van der Waals surface area contributed by atoms with E-state index in [2.05, 4.69) is 10.1 Å². The Morgan fingerprint density at radius 2 is 1.76 bits per heavy atom. The van der Waals surface area contributed by atoms with Crippen molar-refractivity contribution in [3.05, 3.63) is 94.9 Å². The van der Waals surface area contributed by atoms with Crippen molar-refractivity contribution in [2.45, 2.75) is 38.4 Å². The zero-order chi connectivity index (χ0) is 29.8. The van der Waals surface area contributed by atoms with Crippen molar-refractivity contribution in [1.82, 2.24) is 19.7 Å². The second-order valence-electron chi connectivity index (χ2n) is 10.4. The smallest absolute Gasteiger partial charge is 0.337 e. The number of piperidine rings is 1. The number of aromatic nitrogens is 3. The van der Waals surface area contributed by atoms with Gasteiger partial charge in [-0.2, -0.15) is 18.3 Å². The summed E-state index contributed by atoms with van der Waals surface area (Å²) in [5.41, 5.74) is 1.32. The summed E-state index contributed by atoms with van der Waals surface area (Å²) in [5, 5.41) is 4.36. The van der Waals surface area contributed by atoms with E-state index >= 15 is 0 Å². The Labute approximate surface area is 237 Å². The van der Waals surface area contributed by atoms with Crippen LogP contribution in [0.25, 0.3) is 16.9 Å². The van der Waals surface area contributed by atoms with Crippen LogP contribution in [0.5, 0.6) is 0 Å². The maximum Gasteiger partial charge on any atom is 0.419 e. The number of nitrogens with zero attached hydrogens (tertiary/aromatic N) is 5. The summed E-state index contributed by atoms with van der Waals surface area (Å²) in [4.78, 5) is 33.6. The molecule has 2 aromatic carbocycles. The number of likely N-dealkylation sites (tertiary alicyclic amines) is 1. The standard InChI is InChI=1S/C30H24F5N5O2/c1-17-11-19-12-28(41)39(26(19)14-23(17)31)20-6-9-38(10-7-20)29(42)25-15-27(18-3-2-8-36-16-18)40(37-25)21-4-5-22(24(32)13-21)30(33,34)35/h2-5,8,11,13-16,20H,6-7,9-10,12H2,1H3. The summed E-state index contributed by atoms with van der Waals surface area (Å²) in [6.07, 6.45) is -0.685. The first-order chi connectivity index (χ1) is 20.0. The molecule has 0 unspecified atom stereocenters. The van der Waals surface area contributed by atoms with Crippen molar-refractivity contribution in [2.24, 2.45) is 0 Å². The van der Waals surface area contributed by atoms with E-state index in [0.29, 0.717) is 54.5 Å². The first kappa shape index (κ1) is 27.6. The van der Waals surface area contributed by atoms with Gasteiger partial charge in [-0.25, -0.2) is 13.5 Å².